The molecule has 1 heterocycles. The van der Waals surface area contributed by atoms with Gasteiger partial charge in [-0.25, -0.2) is 9.37 Å². The third-order valence-corrected chi connectivity index (χ3v) is 5.04. The first-order valence-corrected chi connectivity index (χ1v) is 10.5. The van der Waals surface area contributed by atoms with E-state index in [0.29, 0.717) is 34.9 Å². The summed E-state index contributed by atoms with van der Waals surface area (Å²) in [5.41, 5.74) is 0.557. The number of benzene rings is 2. The highest BCUT2D eigenvalue weighted by Crippen LogP contribution is 2.34. The molecule has 0 aliphatic heterocycles. The van der Waals surface area contributed by atoms with Crippen molar-refractivity contribution in [1.82, 2.24) is 4.98 Å². The molecule has 0 saturated carbocycles. The molecular weight excluding hydrogens is 462 g/mol. The van der Waals surface area contributed by atoms with Crippen LogP contribution in [0.3, 0.4) is 0 Å². The summed E-state index contributed by atoms with van der Waals surface area (Å²) in [5.74, 6) is -0.829. The lowest BCUT2D eigenvalue weighted by Crippen LogP contribution is -2.17. The number of nitrogens with one attached hydrogen (secondary N) is 2. The zero-order valence-electron chi connectivity index (χ0n) is 18.9. The van der Waals surface area contributed by atoms with Crippen LogP contribution in [0.25, 0.3) is 0 Å². The number of alkyl halides is 3. The quantitative estimate of drug-likeness (QED) is 0.262. The minimum absolute atomic E-state index is 0.0488. The van der Waals surface area contributed by atoms with Crippen LogP contribution < -0.4 is 15.4 Å². The summed E-state index contributed by atoms with van der Waals surface area (Å²) in [6, 6.07) is 9.71. The Hall–Kier alpha value is -4.14. The first-order chi connectivity index (χ1) is 16.7. The van der Waals surface area contributed by atoms with E-state index in [-0.39, 0.29) is 17.7 Å². The van der Waals surface area contributed by atoms with E-state index < -0.39 is 23.5 Å². The van der Waals surface area contributed by atoms with Crippen molar-refractivity contribution in [2.24, 2.45) is 0 Å². The van der Waals surface area contributed by atoms with E-state index in [9.17, 15) is 22.4 Å². The highest BCUT2D eigenvalue weighted by Gasteiger charge is 2.31. The molecule has 2 N–H and O–H groups in total. The second kappa shape index (κ2) is 10.9. The predicted octanol–water partition coefficient (Wildman–Crippen LogP) is 6.70. The largest absolute Gasteiger partial charge is 0.481 e. The average molecular weight is 485 g/mol. The van der Waals surface area contributed by atoms with Crippen molar-refractivity contribution in [3.8, 4) is 5.88 Å². The number of pyridine rings is 1. The molecule has 2 aromatic carbocycles. The summed E-state index contributed by atoms with van der Waals surface area (Å²) in [6.07, 6.45) is -0.903. The molecular formula is C26H23F4N3O2. The topological polar surface area (TPSA) is 63.2 Å². The number of amides is 1. The van der Waals surface area contributed by atoms with Gasteiger partial charge in [0.05, 0.1) is 35.3 Å². The molecule has 35 heavy (non-hydrogen) atoms. The minimum atomic E-state index is -4.63. The zero-order chi connectivity index (χ0) is 25.6. The van der Waals surface area contributed by atoms with Crippen LogP contribution in [0.4, 0.5) is 34.6 Å². The molecule has 0 unspecified atom stereocenters. The van der Waals surface area contributed by atoms with Gasteiger partial charge in [-0.15, -0.1) is 13.2 Å². The summed E-state index contributed by atoms with van der Waals surface area (Å²) in [5, 5.41) is 5.56. The fourth-order valence-electron chi connectivity index (χ4n) is 3.37. The van der Waals surface area contributed by atoms with Crippen molar-refractivity contribution in [3.05, 3.63) is 102 Å². The lowest BCUT2D eigenvalue weighted by Gasteiger charge is -2.18. The number of aromatic nitrogens is 1. The van der Waals surface area contributed by atoms with Gasteiger partial charge in [0, 0.05) is 18.2 Å². The van der Waals surface area contributed by atoms with Crippen molar-refractivity contribution in [2.45, 2.75) is 19.0 Å². The molecule has 9 heteroatoms. The van der Waals surface area contributed by atoms with Gasteiger partial charge in [-0.1, -0.05) is 12.2 Å². The second-order valence-corrected chi connectivity index (χ2v) is 7.47. The number of allylic oxidation sites excluding steroid dienone is 2. The van der Waals surface area contributed by atoms with Gasteiger partial charge in [-0.05, 0) is 54.4 Å². The fourth-order valence-corrected chi connectivity index (χ4v) is 3.37. The van der Waals surface area contributed by atoms with E-state index in [2.05, 4.69) is 28.8 Å². The maximum Gasteiger partial charge on any atom is 0.416 e. The summed E-state index contributed by atoms with van der Waals surface area (Å²) in [6.45, 7) is 7.29. The Morgan fingerprint density at radius 3 is 2.37 bits per heavy atom. The Balaban J connectivity index is 2.03. The van der Waals surface area contributed by atoms with Gasteiger partial charge in [0.25, 0.3) is 5.91 Å². The Kier molecular flexibility index (Phi) is 7.91. The monoisotopic (exact) mass is 485 g/mol. The third-order valence-electron chi connectivity index (χ3n) is 5.04. The molecule has 0 fully saturated rings. The number of halogens is 4. The van der Waals surface area contributed by atoms with Gasteiger partial charge in [0.15, 0.2) is 0 Å². The first kappa shape index (κ1) is 25.5. The molecule has 3 aromatic rings. The number of ether oxygens (including phenoxy) is 1. The number of hydrogen-bond acceptors (Lipinski definition) is 4. The molecule has 3 rings (SSSR count). The van der Waals surface area contributed by atoms with E-state index in [4.69, 9.17) is 4.74 Å². The molecule has 0 saturated heterocycles. The summed E-state index contributed by atoms with van der Waals surface area (Å²) < 4.78 is 59.1. The van der Waals surface area contributed by atoms with Gasteiger partial charge < -0.3 is 15.4 Å². The lowest BCUT2D eigenvalue weighted by molar-refractivity contribution is -0.137. The number of carbonyl (C=O) groups excluding carboxylic acids is 1. The van der Waals surface area contributed by atoms with Crippen molar-refractivity contribution < 1.29 is 27.1 Å². The van der Waals surface area contributed by atoms with E-state index in [1.165, 1.54) is 31.4 Å². The third kappa shape index (κ3) is 6.26. The molecule has 0 bridgehead atoms. The van der Waals surface area contributed by atoms with Gasteiger partial charge in [0.1, 0.15) is 5.82 Å². The molecule has 1 aromatic heterocycles. The Bertz CT molecular complexity index is 1260. The van der Waals surface area contributed by atoms with Gasteiger partial charge in [-0.2, -0.15) is 13.2 Å². The highest BCUT2D eigenvalue weighted by molar-refractivity contribution is 6.08. The SMILES string of the molecule is C=CCc1cc(F)ccc1Nc1cc(C(F)(F)F)ccc1C(=O)Nc1ccc(OC)nc1CC=C. The summed E-state index contributed by atoms with van der Waals surface area (Å²) in [4.78, 5) is 17.5. The summed E-state index contributed by atoms with van der Waals surface area (Å²) in [7, 11) is 1.45. The van der Waals surface area contributed by atoms with Crippen molar-refractivity contribution in [1.29, 1.82) is 0 Å². The number of carbonyl (C=O) groups is 1. The molecule has 1 amide bonds. The first-order valence-electron chi connectivity index (χ1n) is 10.5. The zero-order valence-corrected chi connectivity index (χ0v) is 18.9. The standard InChI is InChI=1S/C26H23F4N3O2/c1-4-6-16-14-18(27)9-11-20(16)31-23-15-17(26(28,29)30)8-10-19(23)25(34)33-22-12-13-24(35-3)32-21(22)7-5-2/h4-5,8-15,31H,1-2,6-7H2,3H3,(H,33,34). The maximum absolute atomic E-state index is 13.7. The lowest BCUT2D eigenvalue weighted by atomic mass is 10.0. The van der Waals surface area contributed by atoms with Crippen LogP contribution in [0.5, 0.6) is 5.88 Å². The number of rotatable bonds is 9. The molecule has 0 aliphatic carbocycles. The highest BCUT2D eigenvalue weighted by atomic mass is 19.4. The van der Waals surface area contributed by atoms with Crippen LogP contribution in [0.1, 0.15) is 27.2 Å². The fraction of sp³-hybridized carbons (Fsp3) is 0.154. The van der Waals surface area contributed by atoms with Gasteiger partial charge in [-0.3, -0.25) is 4.79 Å². The van der Waals surface area contributed by atoms with Crippen LogP contribution >= 0.6 is 0 Å². The number of methoxy groups -OCH3 is 1. The van der Waals surface area contributed by atoms with Crippen molar-refractivity contribution in [3.63, 3.8) is 0 Å². The maximum atomic E-state index is 13.7. The van der Waals surface area contributed by atoms with Crippen LogP contribution in [-0.2, 0) is 19.0 Å². The van der Waals surface area contributed by atoms with E-state index in [1.54, 1.807) is 18.2 Å². The van der Waals surface area contributed by atoms with Crippen molar-refractivity contribution in [2.75, 3.05) is 17.7 Å². The number of hydrogen-bond donors (Lipinski definition) is 2. The number of nitrogens with zero attached hydrogens (tertiary/aromatic N) is 1. The van der Waals surface area contributed by atoms with Gasteiger partial charge in [0.2, 0.25) is 5.88 Å². The smallest absolute Gasteiger partial charge is 0.416 e. The van der Waals surface area contributed by atoms with Crippen LogP contribution in [0.15, 0.2) is 73.8 Å². The molecule has 0 atom stereocenters. The Labute approximate surface area is 200 Å². The van der Waals surface area contributed by atoms with Crippen LogP contribution in [-0.4, -0.2) is 18.0 Å². The number of anilines is 3. The second-order valence-electron chi connectivity index (χ2n) is 7.47. The van der Waals surface area contributed by atoms with Gasteiger partial charge >= 0.3 is 6.18 Å². The predicted molar refractivity (Wildman–Crippen MR) is 128 cm³/mol. The van der Waals surface area contributed by atoms with E-state index in [1.807, 2.05) is 0 Å². The Morgan fingerprint density at radius 2 is 1.71 bits per heavy atom. The molecule has 0 aliphatic rings. The molecule has 0 radical (unpaired) electrons. The molecule has 5 nitrogen and oxygen atoms in total. The Morgan fingerprint density at radius 1 is 1.00 bits per heavy atom. The summed E-state index contributed by atoms with van der Waals surface area (Å²) >= 11 is 0. The normalized spacial score (nSPS) is 11.0. The van der Waals surface area contributed by atoms with Crippen LogP contribution in [0.2, 0.25) is 0 Å². The van der Waals surface area contributed by atoms with E-state index >= 15 is 0 Å². The van der Waals surface area contributed by atoms with E-state index in [0.717, 1.165) is 18.2 Å². The average Bonchev–Trinajstić information content (AvgIpc) is 2.81. The molecule has 182 valence electrons. The minimum Gasteiger partial charge on any atom is -0.481 e. The van der Waals surface area contributed by atoms with Crippen LogP contribution in [0, 0.1) is 5.82 Å². The molecule has 0 spiro atoms. The van der Waals surface area contributed by atoms with Crippen molar-refractivity contribution >= 4 is 23.0 Å².